The number of rotatable bonds is 7. The number of likely N-dealkylation sites (tertiary alicyclic amines) is 1. The van der Waals surface area contributed by atoms with Gasteiger partial charge in [0.2, 0.25) is 0 Å². The van der Waals surface area contributed by atoms with E-state index in [2.05, 4.69) is 47.3 Å². The number of carbonyl (C=O) groups excluding carboxylic acids is 1. The van der Waals surface area contributed by atoms with Crippen LogP contribution in [0.2, 0.25) is 0 Å². The van der Waals surface area contributed by atoms with Gasteiger partial charge in [0.15, 0.2) is 0 Å². The Morgan fingerprint density at radius 1 is 1.08 bits per heavy atom. The molecule has 1 amide bonds. The van der Waals surface area contributed by atoms with Crippen molar-refractivity contribution in [2.24, 2.45) is 11.8 Å². The van der Waals surface area contributed by atoms with Crippen molar-refractivity contribution >= 4 is 12.1 Å². The molecule has 1 aliphatic rings. The zero-order valence-electron chi connectivity index (χ0n) is 25.0. The van der Waals surface area contributed by atoms with Crippen molar-refractivity contribution in [3.63, 3.8) is 0 Å². The predicted octanol–water partition coefficient (Wildman–Crippen LogP) is 9.00. The quantitative estimate of drug-likeness (QED) is 0.277. The third-order valence-electron chi connectivity index (χ3n) is 5.40. The topological polar surface area (TPSA) is 66.8 Å². The lowest BCUT2D eigenvalue weighted by atomic mass is 9.78. The standard InChI is InChI=1S/C18H23F2NO4.C7H14.C4H8.C2H6/c1-11(2)25-17(22)10-16(13-7-14(19)9-15(20)8-13)12-3-5-21(6-4-12)18(23)24;1-6(2)5-7(3)4;1-3-4-2;1-2/h7-9,11-12,16H,3-6,10H2,1-2H3,(H,23,24);5-6H,1-4H3;3H,1,4H2,2H3;1-2H3. The van der Waals surface area contributed by atoms with Gasteiger partial charge in [-0.15, -0.1) is 6.58 Å². The number of ether oxygens (including phenoxy) is 1. The molecule has 1 aromatic carbocycles. The molecule has 0 radical (unpaired) electrons. The van der Waals surface area contributed by atoms with E-state index in [0.717, 1.165) is 12.5 Å². The highest BCUT2D eigenvalue weighted by Crippen LogP contribution is 2.36. The zero-order chi connectivity index (χ0) is 29.8. The number of piperidine rings is 1. The van der Waals surface area contributed by atoms with Crippen molar-refractivity contribution in [3.8, 4) is 0 Å². The SMILES string of the molecule is C=CCC.CC.CC(C)=CC(C)C.CC(C)OC(=O)CC(c1cc(F)cc(F)c1)C1CCN(C(=O)O)CC1. The summed E-state index contributed by atoms with van der Waals surface area (Å²) in [5.74, 6) is -1.56. The number of allylic oxidation sites excluding steroid dienone is 3. The van der Waals surface area contributed by atoms with Gasteiger partial charge in [-0.2, -0.15) is 0 Å². The first kappa shape index (κ1) is 37.5. The second kappa shape index (κ2) is 21.3. The number of benzene rings is 1. The molecule has 1 atom stereocenters. The maximum Gasteiger partial charge on any atom is 0.407 e. The molecule has 1 saturated heterocycles. The van der Waals surface area contributed by atoms with Crippen LogP contribution in [-0.4, -0.2) is 41.3 Å². The van der Waals surface area contributed by atoms with E-state index in [1.54, 1.807) is 13.8 Å². The van der Waals surface area contributed by atoms with E-state index < -0.39 is 29.6 Å². The molecule has 5 nitrogen and oxygen atoms in total. The van der Waals surface area contributed by atoms with Gasteiger partial charge in [-0.1, -0.05) is 52.3 Å². The van der Waals surface area contributed by atoms with Crippen LogP contribution in [0.25, 0.3) is 0 Å². The van der Waals surface area contributed by atoms with E-state index in [4.69, 9.17) is 9.84 Å². The molecule has 0 spiro atoms. The summed E-state index contributed by atoms with van der Waals surface area (Å²) in [6, 6.07) is 3.26. The molecule has 218 valence electrons. The zero-order valence-corrected chi connectivity index (χ0v) is 25.0. The first-order chi connectivity index (χ1) is 17.8. The van der Waals surface area contributed by atoms with Gasteiger partial charge in [0.1, 0.15) is 11.6 Å². The van der Waals surface area contributed by atoms with E-state index in [9.17, 15) is 18.4 Å². The van der Waals surface area contributed by atoms with Crippen LogP contribution in [0.3, 0.4) is 0 Å². The van der Waals surface area contributed by atoms with Crippen LogP contribution in [0.5, 0.6) is 0 Å². The van der Waals surface area contributed by atoms with Crippen LogP contribution in [0.4, 0.5) is 13.6 Å². The molecule has 1 N–H and O–H groups in total. The number of esters is 1. The summed E-state index contributed by atoms with van der Waals surface area (Å²) in [5, 5.41) is 9.05. The minimum Gasteiger partial charge on any atom is -0.465 e. The molecule has 0 aliphatic carbocycles. The Balaban J connectivity index is 0. The number of carboxylic acid groups (broad SMARTS) is 1. The second-order valence-electron chi connectivity index (χ2n) is 9.84. The summed E-state index contributed by atoms with van der Waals surface area (Å²) in [6.07, 6.45) is 5.03. The number of hydrogen-bond acceptors (Lipinski definition) is 3. The van der Waals surface area contributed by atoms with Crippen molar-refractivity contribution in [2.75, 3.05) is 13.1 Å². The van der Waals surface area contributed by atoms with E-state index >= 15 is 0 Å². The van der Waals surface area contributed by atoms with Gasteiger partial charge in [-0.05, 0) is 82.4 Å². The second-order valence-corrected chi connectivity index (χ2v) is 9.84. The van der Waals surface area contributed by atoms with Gasteiger partial charge in [-0.3, -0.25) is 4.79 Å². The minimum absolute atomic E-state index is 0.0127. The predicted molar refractivity (Wildman–Crippen MR) is 153 cm³/mol. The summed E-state index contributed by atoms with van der Waals surface area (Å²) < 4.78 is 32.4. The van der Waals surface area contributed by atoms with E-state index in [1.807, 2.05) is 19.9 Å². The van der Waals surface area contributed by atoms with Crippen molar-refractivity contribution in [2.45, 2.75) is 100 Å². The van der Waals surface area contributed by atoms with E-state index in [1.165, 1.54) is 22.6 Å². The Kier molecular flexibility index (Phi) is 21.0. The van der Waals surface area contributed by atoms with Crippen molar-refractivity contribution in [1.29, 1.82) is 0 Å². The molecular formula is C31H51F2NO4. The monoisotopic (exact) mass is 539 g/mol. The number of halogens is 2. The lowest BCUT2D eigenvalue weighted by Gasteiger charge is -2.35. The van der Waals surface area contributed by atoms with Crippen LogP contribution in [0.1, 0.15) is 99.5 Å². The Labute approximate surface area is 230 Å². The van der Waals surface area contributed by atoms with Crippen molar-refractivity contribution < 1.29 is 28.2 Å². The molecule has 38 heavy (non-hydrogen) atoms. The van der Waals surface area contributed by atoms with Crippen molar-refractivity contribution in [1.82, 2.24) is 4.90 Å². The summed E-state index contributed by atoms with van der Waals surface area (Å²) in [6.45, 7) is 22.3. The third kappa shape index (κ3) is 17.7. The largest absolute Gasteiger partial charge is 0.465 e. The van der Waals surface area contributed by atoms with E-state index in [0.29, 0.717) is 37.4 Å². The fraction of sp³-hybridized carbons (Fsp3) is 0.613. The number of hydrogen-bond donors (Lipinski definition) is 1. The first-order valence-electron chi connectivity index (χ1n) is 13.7. The number of carbonyl (C=O) groups is 2. The van der Waals surface area contributed by atoms with Gasteiger partial charge in [0.05, 0.1) is 12.5 Å². The molecule has 1 heterocycles. The third-order valence-corrected chi connectivity index (χ3v) is 5.40. The molecule has 1 fully saturated rings. The average Bonchev–Trinajstić information content (AvgIpc) is 2.82. The molecule has 0 aromatic heterocycles. The van der Waals surface area contributed by atoms with Gasteiger partial charge in [0, 0.05) is 19.2 Å². The lowest BCUT2D eigenvalue weighted by molar-refractivity contribution is -0.148. The Morgan fingerprint density at radius 2 is 1.55 bits per heavy atom. The Bertz CT molecular complexity index is 820. The number of amides is 1. The smallest absolute Gasteiger partial charge is 0.407 e. The van der Waals surface area contributed by atoms with Gasteiger partial charge in [0.25, 0.3) is 0 Å². The maximum absolute atomic E-state index is 13.6. The van der Waals surface area contributed by atoms with Crippen LogP contribution >= 0.6 is 0 Å². The molecule has 1 aliphatic heterocycles. The van der Waals surface area contributed by atoms with Gasteiger partial charge >= 0.3 is 12.1 Å². The first-order valence-corrected chi connectivity index (χ1v) is 13.7. The highest BCUT2D eigenvalue weighted by Gasteiger charge is 2.32. The van der Waals surface area contributed by atoms with Crippen molar-refractivity contribution in [3.05, 3.63) is 59.7 Å². The lowest BCUT2D eigenvalue weighted by Crippen LogP contribution is -2.39. The minimum atomic E-state index is -0.981. The van der Waals surface area contributed by atoms with Crippen LogP contribution in [-0.2, 0) is 9.53 Å². The summed E-state index contributed by atoms with van der Waals surface area (Å²) in [5.41, 5.74) is 1.82. The highest BCUT2D eigenvalue weighted by molar-refractivity contribution is 5.71. The maximum atomic E-state index is 13.6. The summed E-state index contributed by atoms with van der Waals surface area (Å²) in [7, 11) is 0. The van der Waals surface area contributed by atoms with Crippen LogP contribution in [0, 0.1) is 23.5 Å². The Hall–Kier alpha value is -2.70. The highest BCUT2D eigenvalue weighted by atomic mass is 19.1. The molecule has 1 aromatic rings. The normalized spacial score (nSPS) is 13.6. The molecule has 0 saturated carbocycles. The van der Waals surface area contributed by atoms with Gasteiger partial charge < -0.3 is 14.7 Å². The van der Waals surface area contributed by atoms with Gasteiger partial charge in [-0.25, -0.2) is 13.6 Å². The van der Waals surface area contributed by atoms with E-state index in [-0.39, 0.29) is 18.4 Å². The average molecular weight is 540 g/mol. The fourth-order valence-corrected chi connectivity index (χ4v) is 4.00. The molecule has 7 heteroatoms. The van der Waals surface area contributed by atoms with Crippen LogP contribution in [0.15, 0.2) is 42.5 Å². The summed E-state index contributed by atoms with van der Waals surface area (Å²) >= 11 is 0. The molecule has 2 rings (SSSR count). The molecular weight excluding hydrogens is 488 g/mol. The molecule has 1 unspecified atom stereocenters. The summed E-state index contributed by atoms with van der Waals surface area (Å²) in [4.78, 5) is 24.5. The molecule has 0 bridgehead atoms. The fourth-order valence-electron chi connectivity index (χ4n) is 4.00. The number of nitrogens with zero attached hydrogens (tertiary/aromatic N) is 1. The van der Waals surface area contributed by atoms with Crippen LogP contribution < -0.4 is 0 Å². The Morgan fingerprint density at radius 3 is 1.87 bits per heavy atom.